The predicted molar refractivity (Wildman–Crippen MR) is 124 cm³/mol. The second-order valence-corrected chi connectivity index (χ2v) is 8.57. The maximum atomic E-state index is 12.8. The zero-order chi connectivity index (χ0) is 22.0. The molecule has 1 N–H and O–H groups in total. The van der Waals surface area contributed by atoms with Crippen LogP contribution in [0.2, 0.25) is 15.1 Å². The maximum Gasteiger partial charge on any atom is 0.333 e. The first-order valence-electron chi connectivity index (χ1n) is 8.59. The molecule has 1 heterocycles. The van der Waals surface area contributed by atoms with Crippen molar-refractivity contribution in [1.82, 2.24) is 9.13 Å². The van der Waals surface area contributed by atoms with E-state index in [-0.39, 0.29) is 10.6 Å². The van der Waals surface area contributed by atoms with Crippen LogP contribution in [0.15, 0.2) is 57.0 Å². The number of aromatic hydroxyl groups is 1. The zero-order valence-electron chi connectivity index (χ0n) is 15.9. The molecule has 6 nitrogen and oxygen atoms in total. The molecular weight excluding hydrogens is 469 g/mol. The molecule has 0 spiro atoms. The molecule has 3 rings (SSSR count). The molecule has 0 aliphatic rings. The van der Waals surface area contributed by atoms with Crippen LogP contribution in [-0.2, 0) is 19.8 Å². The van der Waals surface area contributed by atoms with Crippen molar-refractivity contribution in [3.05, 3.63) is 89.5 Å². The van der Waals surface area contributed by atoms with Gasteiger partial charge in [-0.1, -0.05) is 40.9 Å². The minimum absolute atomic E-state index is 0.0790. The second kappa shape index (κ2) is 9.31. The number of benzene rings is 2. The number of hydrogen-bond donors (Lipinski definition) is 1. The molecule has 1 aromatic heterocycles. The van der Waals surface area contributed by atoms with Gasteiger partial charge in [0.15, 0.2) is 0 Å². The summed E-state index contributed by atoms with van der Waals surface area (Å²) in [6.07, 6.45) is 0. The van der Waals surface area contributed by atoms with Gasteiger partial charge in [-0.05, 0) is 42.0 Å². The molecule has 3 aromatic rings. The molecule has 2 aromatic carbocycles. The van der Waals surface area contributed by atoms with Crippen LogP contribution in [0.4, 0.5) is 5.69 Å². The summed E-state index contributed by atoms with van der Waals surface area (Å²) in [4.78, 5) is 29.4. The topological polar surface area (TPSA) is 76.6 Å². The van der Waals surface area contributed by atoms with Gasteiger partial charge in [0, 0.05) is 34.9 Å². The average Bonchev–Trinajstić information content (AvgIpc) is 2.71. The van der Waals surface area contributed by atoms with Gasteiger partial charge in [-0.25, -0.2) is 9.79 Å². The Morgan fingerprint density at radius 1 is 1.00 bits per heavy atom. The van der Waals surface area contributed by atoms with E-state index in [2.05, 4.69) is 4.99 Å². The van der Waals surface area contributed by atoms with Gasteiger partial charge < -0.3 is 5.11 Å². The van der Waals surface area contributed by atoms with E-state index in [9.17, 15) is 14.7 Å². The second-order valence-electron chi connectivity index (χ2n) is 6.32. The number of nitrogens with zero attached hydrogens (tertiary/aromatic N) is 3. The Labute approximate surface area is 191 Å². The third-order valence-electron chi connectivity index (χ3n) is 4.28. The van der Waals surface area contributed by atoms with Crippen molar-refractivity contribution in [2.24, 2.45) is 19.1 Å². The molecular formula is C20H16Cl3N3O3S. The molecule has 0 saturated carbocycles. The SMILES string of the molecule is Cn1c(O)c(C(=Nc2ccc(Cl)cc2)SCc2ccc(Cl)cc2Cl)c(=O)n(C)c1=O. The highest BCUT2D eigenvalue weighted by molar-refractivity contribution is 8.13. The van der Waals surface area contributed by atoms with Crippen molar-refractivity contribution in [2.45, 2.75) is 5.75 Å². The normalized spacial score (nSPS) is 11.7. The quantitative estimate of drug-likeness (QED) is 0.428. The zero-order valence-corrected chi connectivity index (χ0v) is 19.0. The van der Waals surface area contributed by atoms with Crippen LogP contribution in [0.5, 0.6) is 5.88 Å². The van der Waals surface area contributed by atoms with Crippen LogP contribution in [0.1, 0.15) is 11.1 Å². The van der Waals surface area contributed by atoms with E-state index in [1.54, 1.807) is 42.5 Å². The first-order chi connectivity index (χ1) is 14.2. The van der Waals surface area contributed by atoms with Gasteiger partial charge in [0.05, 0.1) is 5.69 Å². The Balaban J connectivity index is 2.12. The number of hydrogen-bond acceptors (Lipinski definition) is 5. The summed E-state index contributed by atoms with van der Waals surface area (Å²) in [5.74, 6) is -0.112. The van der Waals surface area contributed by atoms with Crippen molar-refractivity contribution in [3.8, 4) is 5.88 Å². The average molecular weight is 485 g/mol. The van der Waals surface area contributed by atoms with Crippen LogP contribution < -0.4 is 11.2 Å². The smallest absolute Gasteiger partial charge is 0.333 e. The first-order valence-corrected chi connectivity index (χ1v) is 10.7. The number of thioether (sulfide) groups is 1. The van der Waals surface area contributed by atoms with E-state index < -0.39 is 17.1 Å². The van der Waals surface area contributed by atoms with Crippen molar-refractivity contribution < 1.29 is 5.11 Å². The molecule has 0 radical (unpaired) electrons. The lowest BCUT2D eigenvalue weighted by Gasteiger charge is -2.13. The molecule has 10 heteroatoms. The van der Waals surface area contributed by atoms with Crippen molar-refractivity contribution in [1.29, 1.82) is 0 Å². The van der Waals surface area contributed by atoms with E-state index in [4.69, 9.17) is 34.8 Å². The fourth-order valence-electron chi connectivity index (χ4n) is 2.60. The summed E-state index contributed by atoms with van der Waals surface area (Å²) in [5.41, 5.74) is -0.0732. The van der Waals surface area contributed by atoms with Crippen LogP contribution in [0.25, 0.3) is 0 Å². The molecule has 0 bridgehead atoms. The number of rotatable bonds is 4. The Bertz CT molecular complexity index is 1250. The summed E-state index contributed by atoms with van der Waals surface area (Å²) < 4.78 is 1.91. The molecule has 0 fully saturated rings. The highest BCUT2D eigenvalue weighted by atomic mass is 35.5. The summed E-state index contributed by atoms with van der Waals surface area (Å²) >= 11 is 19.3. The first kappa shape index (κ1) is 22.5. The summed E-state index contributed by atoms with van der Waals surface area (Å²) in [6.45, 7) is 0. The van der Waals surface area contributed by atoms with Crippen LogP contribution in [0, 0.1) is 0 Å². The van der Waals surface area contributed by atoms with E-state index in [1.165, 1.54) is 25.9 Å². The van der Waals surface area contributed by atoms with Crippen LogP contribution in [0.3, 0.4) is 0 Å². The summed E-state index contributed by atoms with van der Waals surface area (Å²) in [7, 11) is 2.72. The monoisotopic (exact) mass is 483 g/mol. The highest BCUT2D eigenvalue weighted by Gasteiger charge is 2.21. The molecule has 30 heavy (non-hydrogen) atoms. The lowest BCUT2D eigenvalue weighted by Crippen LogP contribution is -2.39. The number of aliphatic imine (C=N–C) groups is 1. The van der Waals surface area contributed by atoms with Crippen LogP contribution in [-0.4, -0.2) is 19.3 Å². The van der Waals surface area contributed by atoms with Gasteiger partial charge in [0.25, 0.3) is 5.56 Å². The Morgan fingerprint density at radius 3 is 2.27 bits per heavy atom. The summed E-state index contributed by atoms with van der Waals surface area (Å²) in [5, 5.41) is 12.3. The Kier molecular flexibility index (Phi) is 6.98. The van der Waals surface area contributed by atoms with E-state index in [0.29, 0.717) is 26.5 Å². The lowest BCUT2D eigenvalue weighted by atomic mass is 10.2. The van der Waals surface area contributed by atoms with Gasteiger partial charge in [-0.2, -0.15) is 0 Å². The molecule has 0 atom stereocenters. The van der Waals surface area contributed by atoms with Gasteiger partial charge in [0.1, 0.15) is 10.6 Å². The van der Waals surface area contributed by atoms with Gasteiger partial charge in [-0.3, -0.25) is 13.9 Å². The van der Waals surface area contributed by atoms with Gasteiger partial charge >= 0.3 is 5.69 Å². The molecule has 0 saturated heterocycles. The van der Waals surface area contributed by atoms with Crippen LogP contribution >= 0.6 is 46.6 Å². The van der Waals surface area contributed by atoms with E-state index in [0.717, 1.165) is 14.7 Å². The van der Waals surface area contributed by atoms with Gasteiger partial charge in [-0.15, -0.1) is 11.8 Å². The summed E-state index contributed by atoms with van der Waals surface area (Å²) in [6, 6.07) is 11.8. The third-order valence-corrected chi connectivity index (χ3v) is 6.15. The maximum absolute atomic E-state index is 12.8. The molecule has 156 valence electrons. The lowest BCUT2D eigenvalue weighted by molar-refractivity contribution is 0.410. The fourth-order valence-corrected chi connectivity index (χ4v) is 4.32. The van der Waals surface area contributed by atoms with Crippen molar-refractivity contribution >= 4 is 57.3 Å². The molecule has 0 aliphatic carbocycles. The van der Waals surface area contributed by atoms with Crippen molar-refractivity contribution in [3.63, 3.8) is 0 Å². The largest absolute Gasteiger partial charge is 0.494 e. The molecule has 0 aliphatic heterocycles. The minimum atomic E-state index is -0.655. The molecule has 0 unspecified atom stereocenters. The van der Waals surface area contributed by atoms with Crippen molar-refractivity contribution in [2.75, 3.05) is 0 Å². The van der Waals surface area contributed by atoms with Gasteiger partial charge in [0.2, 0.25) is 5.88 Å². The molecule has 0 amide bonds. The highest BCUT2D eigenvalue weighted by Crippen LogP contribution is 2.29. The predicted octanol–water partition coefficient (Wildman–Crippen LogP) is 4.76. The Morgan fingerprint density at radius 2 is 1.63 bits per heavy atom. The standard InChI is InChI=1S/C20H16Cl3N3O3S/c1-25-18(27)16(19(28)26(2)20(25)29)17(24-14-7-5-12(21)6-8-14)30-10-11-3-4-13(22)9-15(11)23/h3-9,27H,10H2,1-2H3. The van der Waals surface area contributed by atoms with E-state index in [1.807, 2.05) is 0 Å². The number of halogens is 3. The Hall–Kier alpha value is -2.19. The van der Waals surface area contributed by atoms with E-state index >= 15 is 0 Å². The number of aromatic nitrogens is 2. The third kappa shape index (κ3) is 4.75. The fraction of sp³-hybridized carbons (Fsp3) is 0.150. The minimum Gasteiger partial charge on any atom is -0.494 e.